The molecule has 0 amide bonds. The maximum absolute atomic E-state index is 11.4. The molecular weight excluding hydrogens is 252 g/mol. The van der Waals surface area contributed by atoms with Crippen LogP contribution in [0, 0.1) is 16.7 Å². The molecule has 0 unspecified atom stereocenters. The quantitative estimate of drug-likeness (QED) is 0.931. The van der Waals surface area contributed by atoms with Crippen LogP contribution in [0.1, 0.15) is 38.1 Å². The molecule has 0 saturated heterocycles. The number of imidazole rings is 1. The van der Waals surface area contributed by atoms with Gasteiger partial charge in [-0.1, -0.05) is 33.8 Å². The lowest BCUT2D eigenvalue weighted by atomic mass is 10.0. The first kappa shape index (κ1) is 13.2. The number of carbonyl (C=O) groups is 1. The van der Waals surface area contributed by atoms with Gasteiger partial charge >= 0.3 is 5.97 Å². The number of fused-ring (bicyclic) bond motifs is 1. The number of aromatic nitrogens is 2. The van der Waals surface area contributed by atoms with Gasteiger partial charge in [-0.3, -0.25) is 0 Å². The molecule has 1 N–H and O–H groups in total. The van der Waals surface area contributed by atoms with E-state index in [1.807, 2.05) is 10.6 Å². The highest BCUT2D eigenvalue weighted by Crippen LogP contribution is 2.68. The van der Waals surface area contributed by atoms with Crippen LogP contribution in [0.5, 0.6) is 0 Å². The topological polar surface area (TPSA) is 55.1 Å². The molecule has 1 saturated carbocycles. The van der Waals surface area contributed by atoms with Crippen molar-refractivity contribution in [3.63, 3.8) is 0 Å². The molecule has 2 aromatic rings. The molecule has 106 valence electrons. The van der Waals surface area contributed by atoms with Gasteiger partial charge < -0.3 is 9.67 Å². The zero-order valence-corrected chi connectivity index (χ0v) is 12.3. The van der Waals surface area contributed by atoms with E-state index >= 15 is 0 Å². The molecule has 1 aliphatic carbocycles. The lowest BCUT2D eigenvalue weighted by molar-refractivity contribution is 0.0698. The van der Waals surface area contributed by atoms with Crippen molar-refractivity contribution in [1.82, 2.24) is 9.55 Å². The number of hydrogen-bond acceptors (Lipinski definition) is 2. The van der Waals surface area contributed by atoms with Crippen molar-refractivity contribution >= 4 is 17.0 Å². The van der Waals surface area contributed by atoms with Crippen molar-refractivity contribution in [2.75, 3.05) is 0 Å². The number of hydrogen-bond donors (Lipinski definition) is 1. The molecule has 1 aliphatic rings. The molecular formula is C16H20N2O2. The Morgan fingerprint density at radius 1 is 1.30 bits per heavy atom. The first-order valence-corrected chi connectivity index (χ1v) is 6.94. The molecule has 20 heavy (non-hydrogen) atoms. The van der Waals surface area contributed by atoms with Gasteiger partial charge in [0.15, 0.2) is 0 Å². The smallest absolute Gasteiger partial charge is 0.337 e. The number of carboxylic acid groups (broad SMARTS) is 1. The Labute approximate surface area is 118 Å². The van der Waals surface area contributed by atoms with E-state index in [4.69, 9.17) is 0 Å². The number of rotatable bonds is 3. The summed E-state index contributed by atoms with van der Waals surface area (Å²) >= 11 is 0. The lowest BCUT2D eigenvalue weighted by Gasteiger charge is -2.07. The summed E-state index contributed by atoms with van der Waals surface area (Å²) in [7, 11) is 0. The Morgan fingerprint density at radius 2 is 1.95 bits per heavy atom. The Morgan fingerprint density at radius 3 is 2.50 bits per heavy atom. The zero-order chi connectivity index (χ0) is 14.7. The Kier molecular flexibility index (Phi) is 2.53. The van der Waals surface area contributed by atoms with Crippen LogP contribution in [-0.4, -0.2) is 20.6 Å². The molecule has 0 radical (unpaired) electrons. The van der Waals surface area contributed by atoms with Gasteiger partial charge in [-0.2, -0.15) is 0 Å². The van der Waals surface area contributed by atoms with Crippen LogP contribution < -0.4 is 0 Å². The van der Waals surface area contributed by atoms with Gasteiger partial charge in [-0.15, -0.1) is 0 Å². The molecule has 1 aromatic heterocycles. The molecule has 0 spiro atoms. The van der Waals surface area contributed by atoms with Gasteiger partial charge in [0.05, 0.1) is 22.9 Å². The van der Waals surface area contributed by atoms with Crippen molar-refractivity contribution in [2.45, 2.75) is 34.2 Å². The highest BCUT2D eigenvalue weighted by atomic mass is 16.4. The van der Waals surface area contributed by atoms with Crippen LogP contribution >= 0.6 is 0 Å². The minimum Gasteiger partial charge on any atom is -0.478 e. The van der Waals surface area contributed by atoms with E-state index in [0.717, 1.165) is 17.6 Å². The normalized spacial score (nSPS) is 20.2. The van der Waals surface area contributed by atoms with Crippen LogP contribution in [0.15, 0.2) is 24.5 Å². The van der Waals surface area contributed by atoms with Crippen molar-refractivity contribution < 1.29 is 9.90 Å². The number of benzene rings is 1. The van der Waals surface area contributed by atoms with Crippen molar-refractivity contribution in [3.05, 3.63) is 30.1 Å². The maximum Gasteiger partial charge on any atom is 0.337 e. The van der Waals surface area contributed by atoms with E-state index in [0.29, 0.717) is 11.5 Å². The van der Waals surface area contributed by atoms with Gasteiger partial charge in [-0.25, -0.2) is 9.78 Å². The fourth-order valence-electron chi connectivity index (χ4n) is 3.42. The summed E-state index contributed by atoms with van der Waals surface area (Å²) < 4.78 is 2.00. The molecule has 0 bridgehead atoms. The van der Waals surface area contributed by atoms with Crippen molar-refractivity contribution in [1.29, 1.82) is 0 Å². The summed E-state index contributed by atoms with van der Waals surface area (Å²) in [5.41, 5.74) is 2.37. The molecule has 0 aliphatic heterocycles. The maximum atomic E-state index is 11.4. The monoisotopic (exact) mass is 272 g/mol. The number of para-hydroxylation sites is 1. The second kappa shape index (κ2) is 3.84. The number of aromatic carboxylic acids is 1. The van der Waals surface area contributed by atoms with E-state index in [-0.39, 0.29) is 10.8 Å². The average Bonchev–Trinajstić information content (AvgIpc) is 2.69. The third-order valence-electron chi connectivity index (χ3n) is 5.57. The van der Waals surface area contributed by atoms with Gasteiger partial charge in [-0.05, 0) is 28.9 Å². The second-order valence-corrected chi connectivity index (χ2v) is 6.87. The average molecular weight is 272 g/mol. The summed E-state index contributed by atoms with van der Waals surface area (Å²) in [6, 6.07) is 5.25. The number of carboxylic acids is 1. The largest absolute Gasteiger partial charge is 0.478 e. The molecule has 3 rings (SSSR count). The minimum atomic E-state index is -0.897. The van der Waals surface area contributed by atoms with E-state index in [9.17, 15) is 9.90 Å². The lowest BCUT2D eigenvalue weighted by Crippen LogP contribution is -2.06. The van der Waals surface area contributed by atoms with Crippen LogP contribution in [0.3, 0.4) is 0 Å². The van der Waals surface area contributed by atoms with E-state index in [1.165, 1.54) is 0 Å². The molecule has 4 nitrogen and oxygen atoms in total. The van der Waals surface area contributed by atoms with Crippen LogP contribution in [0.25, 0.3) is 11.0 Å². The zero-order valence-electron chi connectivity index (χ0n) is 12.3. The summed E-state index contributed by atoms with van der Waals surface area (Å²) in [6.07, 6.45) is 1.77. The van der Waals surface area contributed by atoms with E-state index < -0.39 is 5.97 Å². The highest BCUT2D eigenvalue weighted by Gasteiger charge is 2.64. The number of nitrogens with zero attached hydrogens (tertiary/aromatic N) is 2. The molecule has 1 aromatic carbocycles. The predicted molar refractivity (Wildman–Crippen MR) is 77.7 cm³/mol. The molecule has 1 fully saturated rings. The van der Waals surface area contributed by atoms with Crippen LogP contribution in [0.4, 0.5) is 0 Å². The Balaban J connectivity index is 2.04. The minimum absolute atomic E-state index is 0.280. The summed E-state index contributed by atoms with van der Waals surface area (Å²) in [6.45, 7) is 9.91. The second-order valence-electron chi connectivity index (χ2n) is 6.87. The van der Waals surface area contributed by atoms with Gasteiger partial charge in [0.25, 0.3) is 0 Å². The fourth-order valence-corrected chi connectivity index (χ4v) is 3.42. The highest BCUT2D eigenvalue weighted by molar-refractivity contribution is 6.01. The summed E-state index contributed by atoms with van der Waals surface area (Å²) in [5.74, 6) is -0.360. The molecule has 1 heterocycles. The molecule has 0 atom stereocenters. The van der Waals surface area contributed by atoms with E-state index in [1.54, 1.807) is 18.5 Å². The predicted octanol–water partition coefficient (Wildman–Crippen LogP) is 3.42. The first-order chi connectivity index (χ1) is 9.26. The SMILES string of the molecule is CC1(C)C(Cn2cnc3cccc(C(=O)O)c32)C1(C)C. The summed E-state index contributed by atoms with van der Waals surface area (Å²) in [5, 5.41) is 9.34. The van der Waals surface area contributed by atoms with E-state index in [2.05, 4.69) is 32.7 Å². The van der Waals surface area contributed by atoms with Crippen molar-refractivity contribution in [3.8, 4) is 0 Å². The fraction of sp³-hybridized carbons (Fsp3) is 0.500. The van der Waals surface area contributed by atoms with Gasteiger partial charge in [0.1, 0.15) is 0 Å². The van der Waals surface area contributed by atoms with Gasteiger partial charge in [0, 0.05) is 6.54 Å². The van der Waals surface area contributed by atoms with Crippen LogP contribution in [0.2, 0.25) is 0 Å². The van der Waals surface area contributed by atoms with Crippen LogP contribution in [-0.2, 0) is 6.54 Å². The molecule has 4 heteroatoms. The Bertz CT molecular complexity index is 684. The first-order valence-electron chi connectivity index (χ1n) is 6.94. The summed E-state index contributed by atoms with van der Waals surface area (Å²) in [4.78, 5) is 15.7. The van der Waals surface area contributed by atoms with Crippen molar-refractivity contribution in [2.24, 2.45) is 16.7 Å². The van der Waals surface area contributed by atoms with Gasteiger partial charge in [0.2, 0.25) is 0 Å². The third-order valence-corrected chi connectivity index (χ3v) is 5.57. The Hall–Kier alpha value is -1.84. The standard InChI is InChI=1S/C16H20N2O2/c1-15(2)12(16(15,3)4)8-18-9-17-11-7-5-6-10(13(11)18)14(19)20/h5-7,9,12H,8H2,1-4H3,(H,19,20). The third kappa shape index (κ3) is 1.60.